The van der Waals surface area contributed by atoms with Gasteiger partial charge in [-0.15, -0.1) is 0 Å². The van der Waals surface area contributed by atoms with Gasteiger partial charge in [-0.25, -0.2) is 0 Å². The summed E-state index contributed by atoms with van der Waals surface area (Å²) in [6, 6.07) is 8.92. The second-order valence-corrected chi connectivity index (χ2v) is 7.76. The number of nitrogens with zero attached hydrogens (tertiary/aromatic N) is 1. The summed E-state index contributed by atoms with van der Waals surface area (Å²) in [5.41, 5.74) is 2.18. The lowest BCUT2D eigenvalue weighted by Gasteiger charge is -2.32. The van der Waals surface area contributed by atoms with Crippen LogP contribution < -0.4 is 5.32 Å². The van der Waals surface area contributed by atoms with Gasteiger partial charge in [0.1, 0.15) is 0 Å². The van der Waals surface area contributed by atoms with Crippen LogP contribution in [0.5, 0.6) is 0 Å². The Morgan fingerprint density at radius 1 is 1.20 bits per heavy atom. The van der Waals surface area contributed by atoms with E-state index in [0.717, 1.165) is 25.1 Å². The van der Waals surface area contributed by atoms with Crippen LogP contribution in [-0.2, 0) is 16.1 Å². The van der Waals surface area contributed by atoms with Crippen LogP contribution in [0.3, 0.4) is 0 Å². The molecule has 2 fully saturated rings. The first kappa shape index (κ1) is 18.4. The fourth-order valence-corrected chi connectivity index (χ4v) is 4.17. The minimum atomic E-state index is 0.0629. The molecule has 3 rings (SSSR count). The summed E-state index contributed by atoms with van der Waals surface area (Å²) < 4.78 is 5.57. The molecule has 0 bridgehead atoms. The maximum absolute atomic E-state index is 12.7. The summed E-state index contributed by atoms with van der Waals surface area (Å²) in [5.74, 6) is 0.204. The Labute approximate surface area is 151 Å². The van der Waals surface area contributed by atoms with Crippen LogP contribution >= 0.6 is 0 Å². The van der Waals surface area contributed by atoms with E-state index in [1.54, 1.807) is 0 Å². The lowest BCUT2D eigenvalue weighted by molar-refractivity contribution is -0.124. The van der Waals surface area contributed by atoms with E-state index in [2.05, 4.69) is 29.4 Å². The largest absolute Gasteiger partial charge is 0.378 e. The maximum Gasteiger partial charge on any atom is 0.227 e. The van der Waals surface area contributed by atoms with Crippen molar-refractivity contribution in [1.29, 1.82) is 0 Å². The van der Waals surface area contributed by atoms with Gasteiger partial charge in [-0.3, -0.25) is 9.69 Å². The number of para-hydroxylation sites is 1. The van der Waals surface area contributed by atoms with Crippen LogP contribution in [0.1, 0.15) is 57.4 Å². The lowest BCUT2D eigenvalue weighted by atomic mass is 9.94. The van der Waals surface area contributed by atoms with E-state index in [1.807, 2.05) is 19.1 Å². The predicted octanol–water partition coefficient (Wildman–Crippen LogP) is 4.20. The molecule has 1 aromatic carbocycles. The molecule has 1 heterocycles. The second kappa shape index (κ2) is 8.81. The average molecular weight is 344 g/mol. The van der Waals surface area contributed by atoms with E-state index in [1.165, 1.54) is 37.7 Å². The topological polar surface area (TPSA) is 41.6 Å². The zero-order chi connectivity index (χ0) is 17.6. The van der Waals surface area contributed by atoms with Crippen LogP contribution in [0, 0.1) is 5.92 Å². The zero-order valence-electron chi connectivity index (χ0n) is 15.7. The van der Waals surface area contributed by atoms with Crippen LogP contribution in [-0.4, -0.2) is 36.6 Å². The lowest BCUT2D eigenvalue weighted by Crippen LogP contribution is -2.34. The number of amides is 1. The van der Waals surface area contributed by atoms with Crippen LogP contribution in [0.2, 0.25) is 0 Å². The molecule has 2 aliphatic rings. The summed E-state index contributed by atoms with van der Waals surface area (Å²) >= 11 is 0. The van der Waals surface area contributed by atoms with Crippen LogP contribution in [0.15, 0.2) is 24.3 Å². The number of hydrogen-bond donors (Lipinski definition) is 1. The normalized spacial score (nSPS) is 25.1. The Kier molecular flexibility index (Phi) is 6.49. The van der Waals surface area contributed by atoms with Crippen LogP contribution in [0.4, 0.5) is 5.69 Å². The molecule has 25 heavy (non-hydrogen) atoms. The monoisotopic (exact) mass is 344 g/mol. The highest BCUT2D eigenvalue weighted by Crippen LogP contribution is 2.26. The molecule has 4 nitrogen and oxygen atoms in total. The van der Waals surface area contributed by atoms with Gasteiger partial charge in [0.25, 0.3) is 0 Å². The highest BCUT2D eigenvalue weighted by Gasteiger charge is 2.26. The molecule has 1 aliphatic carbocycles. The van der Waals surface area contributed by atoms with Gasteiger partial charge in [-0.05, 0) is 51.3 Å². The van der Waals surface area contributed by atoms with Crippen molar-refractivity contribution in [1.82, 2.24) is 4.90 Å². The van der Waals surface area contributed by atoms with Crippen molar-refractivity contribution >= 4 is 11.6 Å². The van der Waals surface area contributed by atoms with Gasteiger partial charge in [0, 0.05) is 30.8 Å². The molecule has 2 unspecified atom stereocenters. The van der Waals surface area contributed by atoms with Gasteiger partial charge in [0.15, 0.2) is 0 Å². The molecule has 1 aromatic rings. The summed E-state index contributed by atoms with van der Waals surface area (Å²) in [6.07, 6.45) is 8.47. The third-order valence-corrected chi connectivity index (χ3v) is 5.75. The SMILES string of the molecule is CC1CC(C(=O)Nc2ccccc2CN(C)C2CCCCC2)CCO1. The highest BCUT2D eigenvalue weighted by atomic mass is 16.5. The summed E-state index contributed by atoms with van der Waals surface area (Å²) in [7, 11) is 2.22. The van der Waals surface area contributed by atoms with Gasteiger partial charge >= 0.3 is 0 Å². The van der Waals surface area contributed by atoms with Gasteiger partial charge in [-0.2, -0.15) is 0 Å². The molecule has 1 N–H and O–H groups in total. The molecule has 1 saturated heterocycles. The number of rotatable bonds is 5. The van der Waals surface area contributed by atoms with Gasteiger partial charge in [0.2, 0.25) is 5.91 Å². The zero-order valence-corrected chi connectivity index (χ0v) is 15.7. The van der Waals surface area contributed by atoms with Crippen molar-refractivity contribution < 1.29 is 9.53 Å². The number of carbonyl (C=O) groups is 1. The summed E-state index contributed by atoms with van der Waals surface area (Å²) in [6.45, 7) is 3.63. The van der Waals surface area contributed by atoms with E-state index >= 15 is 0 Å². The second-order valence-electron chi connectivity index (χ2n) is 7.76. The highest BCUT2D eigenvalue weighted by molar-refractivity contribution is 5.93. The average Bonchev–Trinajstić information content (AvgIpc) is 2.64. The molecule has 1 saturated carbocycles. The minimum absolute atomic E-state index is 0.0629. The number of ether oxygens (including phenoxy) is 1. The molecule has 138 valence electrons. The van der Waals surface area contributed by atoms with Crippen molar-refractivity contribution in [3.63, 3.8) is 0 Å². The van der Waals surface area contributed by atoms with Crippen molar-refractivity contribution in [2.45, 2.75) is 70.6 Å². The van der Waals surface area contributed by atoms with Crippen LogP contribution in [0.25, 0.3) is 0 Å². The summed E-state index contributed by atoms with van der Waals surface area (Å²) in [5, 5.41) is 3.19. The number of hydrogen-bond acceptors (Lipinski definition) is 3. The Hall–Kier alpha value is -1.39. The van der Waals surface area contributed by atoms with Gasteiger partial charge in [-0.1, -0.05) is 37.5 Å². The first-order valence-corrected chi connectivity index (χ1v) is 9.84. The van der Waals surface area contributed by atoms with Crippen molar-refractivity contribution in [3.05, 3.63) is 29.8 Å². The van der Waals surface area contributed by atoms with E-state index in [0.29, 0.717) is 12.6 Å². The fourth-order valence-electron chi connectivity index (χ4n) is 4.17. The quantitative estimate of drug-likeness (QED) is 0.870. The standard InChI is InChI=1S/C21H32N2O2/c1-16-14-17(12-13-25-16)21(24)22-20-11-7-6-8-18(20)15-23(2)19-9-4-3-5-10-19/h6-8,11,16-17,19H,3-5,9-10,12-15H2,1-2H3,(H,22,24). The fraction of sp³-hybridized carbons (Fsp3) is 0.667. The first-order chi connectivity index (χ1) is 12.1. The molecule has 0 aromatic heterocycles. The third-order valence-electron chi connectivity index (χ3n) is 5.75. The predicted molar refractivity (Wildman–Crippen MR) is 102 cm³/mol. The third kappa shape index (κ3) is 5.05. The Balaban J connectivity index is 1.62. The van der Waals surface area contributed by atoms with E-state index in [-0.39, 0.29) is 17.9 Å². The van der Waals surface area contributed by atoms with Crippen molar-refractivity contribution in [3.8, 4) is 0 Å². The van der Waals surface area contributed by atoms with E-state index in [4.69, 9.17) is 4.74 Å². The molecule has 1 aliphatic heterocycles. The van der Waals surface area contributed by atoms with Crippen molar-refractivity contribution in [2.24, 2.45) is 5.92 Å². The molecular weight excluding hydrogens is 312 g/mol. The Morgan fingerprint density at radius 2 is 1.96 bits per heavy atom. The molecule has 0 spiro atoms. The van der Waals surface area contributed by atoms with Gasteiger partial charge in [0.05, 0.1) is 6.10 Å². The molecule has 1 amide bonds. The molecule has 4 heteroatoms. The molecular formula is C21H32N2O2. The van der Waals surface area contributed by atoms with E-state index < -0.39 is 0 Å². The smallest absolute Gasteiger partial charge is 0.227 e. The molecule has 0 radical (unpaired) electrons. The van der Waals surface area contributed by atoms with Crippen molar-refractivity contribution in [2.75, 3.05) is 19.0 Å². The minimum Gasteiger partial charge on any atom is -0.378 e. The van der Waals surface area contributed by atoms with Gasteiger partial charge < -0.3 is 10.1 Å². The number of benzene rings is 1. The Bertz CT molecular complexity index is 569. The number of nitrogens with one attached hydrogen (secondary N) is 1. The Morgan fingerprint density at radius 3 is 2.72 bits per heavy atom. The summed E-state index contributed by atoms with van der Waals surface area (Å²) in [4.78, 5) is 15.1. The molecule has 2 atom stereocenters. The maximum atomic E-state index is 12.7. The van der Waals surface area contributed by atoms with E-state index in [9.17, 15) is 4.79 Å². The number of carbonyl (C=O) groups excluding carboxylic acids is 1. The number of anilines is 1. The first-order valence-electron chi connectivity index (χ1n) is 9.84.